The molecule has 3 atom stereocenters. The number of anilines is 1. The Kier molecular flexibility index (Phi) is 12.1. The lowest BCUT2D eigenvalue weighted by molar-refractivity contribution is 0.0697. The number of nitrogens with zero attached hydrogens (tertiary/aromatic N) is 2. The molecular weight excluding hydrogens is 526 g/mol. The van der Waals surface area contributed by atoms with Crippen LogP contribution in [0.15, 0.2) is 54.9 Å². The highest BCUT2D eigenvalue weighted by Crippen LogP contribution is 2.51. The molecule has 1 saturated carbocycles. The largest absolute Gasteiger partial charge is 0.667 e. The predicted molar refractivity (Wildman–Crippen MR) is 168 cm³/mol. The third-order valence-corrected chi connectivity index (χ3v) is 9.07. The van der Waals surface area contributed by atoms with Crippen LogP contribution in [0.5, 0.6) is 11.5 Å². The predicted octanol–water partition coefficient (Wildman–Crippen LogP) is 6.80. The summed E-state index contributed by atoms with van der Waals surface area (Å²) >= 11 is 0. The minimum absolute atomic E-state index is 0.0826. The molecule has 2 aromatic heterocycles. The van der Waals surface area contributed by atoms with Gasteiger partial charge in [-0.05, 0) is 91.7 Å². The first-order valence-electron chi connectivity index (χ1n) is 16.0. The number of aliphatic hydroxyl groups is 2. The Labute approximate surface area is 251 Å². The highest BCUT2D eigenvalue weighted by atomic mass is 16.5. The summed E-state index contributed by atoms with van der Waals surface area (Å²) in [6, 6.07) is 13.6. The van der Waals surface area contributed by atoms with Crippen LogP contribution in [0.25, 0.3) is 0 Å². The second kappa shape index (κ2) is 16.0. The standard InChI is InChI=1S/C35H50N3O4/c1-2-3-4-5-6-10-28(39)25-29(40)14-12-26-13-15-31(41)32(23-26)42-22-17-30(27-16-21-38-34(36)24-27)35(18-7-8-19-35)33-11-9-20-37-33/h9,11,13,15-16,20-21,23-24,28-30,39-41H,2-8,10,12,14,17-19,22,25H2,1H3,(H2,36,38)/q-1. The first kappa shape index (κ1) is 31.9. The SMILES string of the molecule is CCCCCCCC(O)CC(O)CCc1ccc(O)c(OCCC(c2ccnc(N)c2)C2(c3ccc[n-]3)CCCC2)c1. The Balaban J connectivity index is 1.35. The van der Waals surface area contributed by atoms with Gasteiger partial charge in [0.05, 0.1) is 18.8 Å². The number of nitrogen functional groups attached to an aromatic ring is 1. The van der Waals surface area contributed by atoms with Gasteiger partial charge in [0.15, 0.2) is 11.5 Å². The zero-order valence-corrected chi connectivity index (χ0v) is 25.3. The van der Waals surface area contributed by atoms with Crippen LogP contribution in [-0.4, -0.2) is 39.1 Å². The molecule has 0 saturated heterocycles. The van der Waals surface area contributed by atoms with Crippen molar-refractivity contribution >= 4 is 5.82 Å². The molecule has 7 nitrogen and oxygen atoms in total. The number of aromatic nitrogens is 2. The molecule has 0 amide bonds. The molecule has 1 aliphatic rings. The average molecular weight is 577 g/mol. The molecular formula is C35H50N3O4-. The van der Waals surface area contributed by atoms with Crippen molar-refractivity contribution in [3.63, 3.8) is 0 Å². The van der Waals surface area contributed by atoms with Gasteiger partial charge in [-0.2, -0.15) is 11.9 Å². The first-order valence-corrected chi connectivity index (χ1v) is 16.0. The van der Waals surface area contributed by atoms with Crippen LogP contribution in [0.4, 0.5) is 5.82 Å². The van der Waals surface area contributed by atoms with E-state index in [0.717, 1.165) is 68.2 Å². The van der Waals surface area contributed by atoms with Crippen LogP contribution >= 0.6 is 0 Å². The molecule has 42 heavy (non-hydrogen) atoms. The van der Waals surface area contributed by atoms with E-state index < -0.39 is 12.2 Å². The monoisotopic (exact) mass is 576 g/mol. The quantitative estimate of drug-likeness (QED) is 0.123. The van der Waals surface area contributed by atoms with E-state index in [0.29, 0.717) is 37.4 Å². The van der Waals surface area contributed by atoms with E-state index in [9.17, 15) is 15.3 Å². The van der Waals surface area contributed by atoms with Crippen molar-refractivity contribution in [3.8, 4) is 11.5 Å². The number of ether oxygens (including phenoxy) is 1. The van der Waals surface area contributed by atoms with Crippen LogP contribution in [0.1, 0.15) is 113 Å². The lowest BCUT2D eigenvalue weighted by Crippen LogP contribution is -2.33. The number of aromatic hydroxyl groups is 1. The molecule has 0 radical (unpaired) electrons. The molecule has 0 bridgehead atoms. The summed E-state index contributed by atoms with van der Waals surface area (Å²) in [5, 5.41) is 31.4. The van der Waals surface area contributed by atoms with Crippen molar-refractivity contribution in [1.29, 1.82) is 0 Å². The molecule has 4 rings (SSSR count). The van der Waals surface area contributed by atoms with Crippen LogP contribution in [0, 0.1) is 0 Å². The zero-order chi connectivity index (χ0) is 29.8. The molecule has 3 aromatic rings. The number of nitrogens with two attached hydrogens (primary N) is 1. The molecule has 3 unspecified atom stereocenters. The molecule has 1 fully saturated rings. The van der Waals surface area contributed by atoms with Gasteiger partial charge in [-0.25, -0.2) is 4.98 Å². The third kappa shape index (κ3) is 8.74. The summed E-state index contributed by atoms with van der Waals surface area (Å²) in [5.74, 6) is 1.22. The van der Waals surface area contributed by atoms with E-state index >= 15 is 0 Å². The maximum Gasteiger partial charge on any atom is 0.161 e. The van der Waals surface area contributed by atoms with Gasteiger partial charge in [0.1, 0.15) is 5.82 Å². The minimum Gasteiger partial charge on any atom is -0.667 e. The first-order chi connectivity index (χ1) is 20.4. The topological polar surface area (TPSA) is 123 Å². The van der Waals surface area contributed by atoms with E-state index in [-0.39, 0.29) is 17.1 Å². The molecule has 5 N–H and O–H groups in total. The van der Waals surface area contributed by atoms with Crippen molar-refractivity contribution in [3.05, 3.63) is 71.7 Å². The summed E-state index contributed by atoms with van der Waals surface area (Å²) in [7, 11) is 0. The Morgan fingerprint density at radius 2 is 1.76 bits per heavy atom. The zero-order valence-electron chi connectivity index (χ0n) is 25.3. The number of hydrogen-bond donors (Lipinski definition) is 4. The Morgan fingerprint density at radius 1 is 0.976 bits per heavy atom. The second-order valence-corrected chi connectivity index (χ2v) is 12.2. The highest BCUT2D eigenvalue weighted by Gasteiger charge is 2.41. The molecule has 1 aliphatic carbocycles. The second-order valence-electron chi connectivity index (χ2n) is 12.2. The molecule has 2 heterocycles. The van der Waals surface area contributed by atoms with Gasteiger partial charge < -0.3 is 30.8 Å². The smallest absolute Gasteiger partial charge is 0.161 e. The number of phenols is 1. The fraction of sp³-hybridized carbons (Fsp3) is 0.571. The van der Waals surface area contributed by atoms with E-state index in [1.807, 2.05) is 30.5 Å². The minimum atomic E-state index is -0.560. The highest BCUT2D eigenvalue weighted by molar-refractivity contribution is 5.42. The molecule has 1 aromatic carbocycles. The van der Waals surface area contributed by atoms with Gasteiger partial charge in [-0.3, -0.25) is 0 Å². The molecule has 230 valence electrons. The van der Waals surface area contributed by atoms with Gasteiger partial charge in [-0.1, -0.05) is 70.1 Å². The number of pyridine rings is 1. The normalized spacial score (nSPS) is 16.7. The fourth-order valence-electron chi connectivity index (χ4n) is 6.81. The van der Waals surface area contributed by atoms with Gasteiger partial charge in [0, 0.05) is 6.20 Å². The maximum atomic E-state index is 10.6. The van der Waals surface area contributed by atoms with Crippen molar-refractivity contribution in [2.75, 3.05) is 12.3 Å². The summed E-state index contributed by atoms with van der Waals surface area (Å²) in [6.45, 7) is 2.63. The Hall–Kier alpha value is -3.03. The van der Waals surface area contributed by atoms with Gasteiger partial charge in [0.2, 0.25) is 0 Å². The van der Waals surface area contributed by atoms with Crippen LogP contribution in [0.2, 0.25) is 0 Å². The summed E-state index contributed by atoms with van der Waals surface area (Å²) in [6.07, 6.45) is 16.0. The number of hydrogen-bond acceptors (Lipinski definition) is 6. The molecule has 0 aliphatic heterocycles. The number of benzene rings is 1. The third-order valence-electron chi connectivity index (χ3n) is 9.07. The summed E-state index contributed by atoms with van der Waals surface area (Å²) in [5.41, 5.74) is 9.28. The van der Waals surface area contributed by atoms with Crippen molar-refractivity contribution in [1.82, 2.24) is 9.97 Å². The molecule has 0 spiro atoms. The van der Waals surface area contributed by atoms with E-state index in [1.54, 1.807) is 12.3 Å². The van der Waals surface area contributed by atoms with E-state index in [2.05, 4.69) is 24.0 Å². The fourth-order valence-corrected chi connectivity index (χ4v) is 6.81. The maximum absolute atomic E-state index is 10.6. The van der Waals surface area contributed by atoms with Crippen LogP contribution in [-0.2, 0) is 11.8 Å². The summed E-state index contributed by atoms with van der Waals surface area (Å²) < 4.78 is 6.21. The lowest BCUT2D eigenvalue weighted by Gasteiger charge is -2.42. The van der Waals surface area contributed by atoms with Crippen LogP contribution in [0.3, 0.4) is 0 Å². The number of phenolic OH excluding ortho intramolecular Hbond substituents is 1. The molecule has 7 heteroatoms. The van der Waals surface area contributed by atoms with Gasteiger partial charge >= 0.3 is 0 Å². The summed E-state index contributed by atoms with van der Waals surface area (Å²) in [4.78, 5) is 8.96. The number of aryl methyl sites for hydroxylation is 1. The Bertz CT molecular complexity index is 1190. The van der Waals surface area contributed by atoms with Gasteiger partial charge in [-0.15, -0.1) is 0 Å². The lowest BCUT2D eigenvalue weighted by atomic mass is 9.67. The van der Waals surface area contributed by atoms with Crippen molar-refractivity contribution in [2.24, 2.45) is 0 Å². The van der Waals surface area contributed by atoms with Crippen molar-refractivity contribution in [2.45, 2.75) is 120 Å². The van der Waals surface area contributed by atoms with E-state index in [1.165, 1.54) is 19.3 Å². The number of aliphatic hydroxyl groups excluding tert-OH is 2. The average Bonchev–Trinajstić information content (AvgIpc) is 3.69. The van der Waals surface area contributed by atoms with Crippen molar-refractivity contribution < 1.29 is 20.1 Å². The van der Waals surface area contributed by atoms with Gasteiger partial charge in [0.25, 0.3) is 0 Å². The van der Waals surface area contributed by atoms with E-state index in [4.69, 9.17) is 15.5 Å². The number of rotatable bonds is 18. The van der Waals surface area contributed by atoms with Crippen LogP contribution < -0.4 is 15.5 Å². The number of unbranched alkanes of at least 4 members (excludes halogenated alkanes) is 4. The Morgan fingerprint density at radius 3 is 2.50 bits per heavy atom.